The van der Waals surface area contributed by atoms with Gasteiger partial charge < -0.3 is 25.2 Å². The minimum atomic E-state index is -1.02. The molecule has 11 heteroatoms. The number of likely N-dealkylation sites (N-methyl/N-ethyl adjacent to an activating group) is 1. The molecule has 1 aliphatic rings. The summed E-state index contributed by atoms with van der Waals surface area (Å²) in [5.41, 5.74) is 2.12. The molecule has 0 fully saturated rings. The van der Waals surface area contributed by atoms with E-state index >= 15 is 0 Å². The van der Waals surface area contributed by atoms with Crippen LogP contribution in [-0.2, 0) is 16.1 Å². The van der Waals surface area contributed by atoms with Gasteiger partial charge >= 0.3 is 0 Å². The molecule has 2 N–H and O–H groups in total. The summed E-state index contributed by atoms with van der Waals surface area (Å²) in [5.74, 6) is -0.447. The summed E-state index contributed by atoms with van der Waals surface area (Å²) >= 11 is 3.54. The van der Waals surface area contributed by atoms with Crippen LogP contribution in [0.2, 0.25) is 0 Å². The van der Waals surface area contributed by atoms with Crippen molar-refractivity contribution in [2.45, 2.75) is 25.6 Å². The Bertz CT molecular complexity index is 1620. The lowest BCUT2D eigenvalue weighted by Crippen LogP contribution is -2.55. The third-order valence-corrected chi connectivity index (χ3v) is 7.74. The maximum Gasteiger partial charge on any atom is 0.277 e. The molecule has 2 atom stereocenters. The molecule has 5 rings (SSSR count). The molecule has 2 heterocycles. The molecule has 42 heavy (non-hydrogen) atoms. The van der Waals surface area contributed by atoms with Gasteiger partial charge in [-0.15, -0.1) is 12.4 Å². The number of benzene rings is 3. The minimum Gasteiger partial charge on any atom is -0.496 e. The first-order valence-electron chi connectivity index (χ1n) is 13.2. The fourth-order valence-corrected chi connectivity index (χ4v) is 5.34. The lowest BCUT2D eigenvalue weighted by molar-refractivity contribution is -0.128. The monoisotopic (exact) mass is 651 g/mol. The lowest BCUT2D eigenvalue weighted by Gasteiger charge is -2.27. The van der Waals surface area contributed by atoms with E-state index in [2.05, 4.69) is 31.5 Å². The Hall–Kier alpha value is -3.99. The van der Waals surface area contributed by atoms with Gasteiger partial charge in [0.15, 0.2) is 0 Å². The summed E-state index contributed by atoms with van der Waals surface area (Å²) in [6.07, 6.45) is 1.55. The quantitative estimate of drug-likeness (QED) is 0.300. The molecule has 9 nitrogen and oxygen atoms in total. The Balaban J connectivity index is 0.00000405. The minimum absolute atomic E-state index is 0. The number of para-hydroxylation sites is 2. The summed E-state index contributed by atoms with van der Waals surface area (Å²) < 4.78 is 6.67. The topological polar surface area (TPSA) is 104 Å². The molecule has 0 saturated carbocycles. The Morgan fingerprint density at radius 1 is 1.07 bits per heavy atom. The fourth-order valence-electron chi connectivity index (χ4n) is 4.96. The number of halogens is 2. The first-order valence-corrected chi connectivity index (χ1v) is 14.0. The van der Waals surface area contributed by atoms with Crippen LogP contribution in [0, 0.1) is 0 Å². The van der Waals surface area contributed by atoms with Crippen LogP contribution in [0.3, 0.4) is 0 Å². The molecular formula is C31H31BrClN5O4. The summed E-state index contributed by atoms with van der Waals surface area (Å²) in [6, 6.07) is 20.6. The number of nitrogens with one attached hydrogen (secondary N) is 2. The maximum atomic E-state index is 14.3. The molecule has 1 aliphatic heterocycles. The molecule has 1 aromatic heterocycles. The van der Waals surface area contributed by atoms with Crippen molar-refractivity contribution >= 4 is 68.2 Å². The van der Waals surface area contributed by atoms with E-state index in [-0.39, 0.29) is 48.9 Å². The van der Waals surface area contributed by atoms with E-state index in [1.165, 1.54) is 4.90 Å². The molecule has 0 saturated heterocycles. The van der Waals surface area contributed by atoms with Gasteiger partial charge in [0.1, 0.15) is 17.5 Å². The third-order valence-electron chi connectivity index (χ3n) is 7.25. The highest BCUT2D eigenvalue weighted by atomic mass is 79.9. The van der Waals surface area contributed by atoms with Gasteiger partial charge in [0.05, 0.1) is 37.6 Å². The van der Waals surface area contributed by atoms with E-state index in [0.29, 0.717) is 17.1 Å². The van der Waals surface area contributed by atoms with Crippen molar-refractivity contribution < 1.29 is 19.1 Å². The number of hydrogen-bond donors (Lipinski definition) is 2. The first-order chi connectivity index (χ1) is 19.8. The predicted octanol–water partition coefficient (Wildman–Crippen LogP) is 4.71. The van der Waals surface area contributed by atoms with Gasteiger partial charge in [-0.25, -0.2) is 0 Å². The smallest absolute Gasteiger partial charge is 0.277 e. The molecule has 4 aromatic rings. The second-order valence-corrected chi connectivity index (χ2v) is 10.6. The first kappa shape index (κ1) is 31.0. The highest BCUT2D eigenvalue weighted by molar-refractivity contribution is 9.10. The van der Waals surface area contributed by atoms with Crippen LogP contribution < -0.4 is 25.2 Å². The number of nitrogens with zero attached hydrogens (tertiary/aromatic N) is 3. The normalized spacial score (nSPS) is 15.3. The molecule has 0 radical (unpaired) electrons. The van der Waals surface area contributed by atoms with Crippen LogP contribution in [0.4, 0.5) is 11.4 Å². The Morgan fingerprint density at radius 2 is 1.81 bits per heavy atom. The summed E-state index contributed by atoms with van der Waals surface area (Å²) in [5, 5.41) is 7.68. The zero-order chi connectivity index (χ0) is 29.1. The van der Waals surface area contributed by atoms with Gasteiger partial charge in [-0.3, -0.25) is 19.4 Å². The van der Waals surface area contributed by atoms with E-state index in [1.807, 2.05) is 42.5 Å². The summed E-state index contributed by atoms with van der Waals surface area (Å²) in [4.78, 5) is 48.5. The molecule has 1 unspecified atom stereocenters. The van der Waals surface area contributed by atoms with Crippen molar-refractivity contribution in [1.82, 2.24) is 15.6 Å². The van der Waals surface area contributed by atoms with Crippen LogP contribution in [-0.4, -0.2) is 55.5 Å². The van der Waals surface area contributed by atoms with E-state index in [0.717, 1.165) is 20.8 Å². The number of rotatable bonds is 7. The summed E-state index contributed by atoms with van der Waals surface area (Å²) in [7, 11) is 3.26. The SMILES string of the molecule is CNC(C)C(=O)N[C@H]1CN(C(=O)c2ccccn2)c2ccccc2N(Cc2c(OC)ccc3cc(Br)ccc23)C1=O.Cl. The zero-order valence-electron chi connectivity index (χ0n) is 23.3. The number of hydrogen-bond acceptors (Lipinski definition) is 6. The molecule has 0 spiro atoms. The standard InChI is InChI=1S/C31H30BrN5O4.ClH/c1-19(33-2)29(38)35-25-18-37(30(39)24-8-6-7-15-34-24)27-10-5-4-9-26(27)36(31(25)40)17-23-22-13-12-21(32)16-20(22)11-14-28(23)41-3;/h4-16,19,25,33H,17-18H2,1-3H3,(H,35,38);1H/t19?,25-;/m0./s1. The zero-order valence-corrected chi connectivity index (χ0v) is 25.7. The third kappa shape index (κ3) is 6.11. The van der Waals surface area contributed by atoms with Gasteiger partial charge in [0.25, 0.3) is 11.8 Å². The van der Waals surface area contributed by atoms with Gasteiger partial charge in [-0.05, 0) is 67.2 Å². The number of amides is 3. The molecular weight excluding hydrogens is 622 g/mol. The van der Waals surface area contributed by atoms with Crippen molar-refractivity contribution in [3.8, 4) is 5.75 Å². The van der Waals surface area contributed by atoms with Crippen molar-refractivity contribution in [3.05, 3.63) is 94.7 Å². The van der Waals surface area contributed by atoms with Gasteiger partial charge in [-0.2, -0.15) is 0 Å². The van der Waals surface area contributed by atoms with Crippen molar-refractivity contribution in [3.63, 3.8) is 0 Å². The highest BCUT2D eigenvalue weighted by Gasteiger charge is 2.38. The Morgan fingerprint density at radius 3 is 2.50 bits per heavy atom. The number of fused-ring (bicyclic) bond motifs is 2. The number of aromatic nitrogens is 1. The highest BCUT2D eigenvalue weighted by Crippen LogP contribution is 2.38. The van der Waals surface area contributed by atoms with Crippen LogP contribution in [0.5, 0.6) is 5.75 Å². The van der Waals surface area contributed by atoms with Crippen LogP contribution >= 0.6 is 28.3 Å². The van der Waals surface area contributed by atoms with Crippen molar-refractivity contribution in [2.75, 3.05) is 30.5 Å². The van der Waals surface area contributed by atoms with E-state index < -0.39 is 12.1 Å². The van der Waals surface area contributed by atoms with Crippen molar-refractivity contribution in [1.29, 1.82) is 0 Å². The fraction of sp³-hybridized carbons (Fsp3) is 0.226. The average molecular weight is 653 g/mol. The molecule has 3 amide bonds. The summed E-state index contributed by atoms with van der Waals surface area (Å²) in [6.45, 7) is 1.79. The van der Waals surface area contributed by atoms with Crippen LogP contribution in [0.15, 0.2) is 83.5 Å². The number of carbonyl (C=O) groups excluding carboxylic acids is 3. The van der Waals surface area contributed by atoms with Crippen LogP contribution in [0.25, 0.3) is 10.8 Å². The van der Waals surface area contributed by atoms with Crippen molar-refractivity contribution in [2.24, 2.45) is 0 Å². The average Bonchev–Trinajstić information content (AvgIpc) is 3.11. The molecule has 3 aromatic carbocycles. The molecule has 218 valence electrons. The molecule has 0 aliphatic carbocycles. The number of anilines is 2. The number of carbonyl (C=O) groups is 3. The predicted molar refractivity (Wildman–Crippen MR) is 169 cm³/mol. The second-order valence-electron chi connectivity index (χ2n) is 9.73. The second kappa shape index (κ2) is 13.3. The molecule has 0 bridgehead atoms. The lowest BCUT2D eigenvalue weighted by atomic mass is 10.0. The maximum absolute atomic E-state index is 14.3. The van der Waals surface area contributed by atoms with E-state index in [9.17, 15) is 14.4 Å². The van der Waals surface area contributed by atoms with E-state index in [1.54, 1.807) is 62.5 Å². The van der Waals surface area contributed by atoms with E-state index in [4.69, 9.17) is 4.74 Å². The Labute approximate surface area is 258 Å². The van der Waals surface area contributed by atoms with Crippen LogP contribution in [0.1, 0.15) is 23.0 Å². The number of methoxy groups -OCH3 is 1. The van der Waals surface area contributed by atoms with Gasteiger partial charge in [0, 0.05) is 16.2 Å². The Kier molecular flexibility index (Phi) is 9.82. The van der Waals surface area contributed by atoms with Gasteiger partial charge in [-0.1, -0.05) is 46.3 Å². The number of ether oxygens (including phenoxy) is 1. The van der Waals surface area contributed by atoms with Gasteiger partial charge in [0.2, 0.25) is 5.91 Å². The largest absolute Gasteiger partial charge is 0.496 e. The number of pyridine rings is 1.